The molecule has 0 aliphatic carbocycles. The topological polar surface area (TPSA) is 56.3 Å². The van der Waals surface area contributed by atoms with Crippen LogP contribution in [0.4, 0.5) is 0 Å². The monoisotopic (exact) mass is 305 g/mol. The van der Waals surface area contributed by atoms with Crippen LogP contribution in [0.2, 0.25) is 0 Å². The Morgan fingerprint density at radius 1 is 1.24 bits per heavy atom. The molecule has 21 heavy (non-hydrogen) atoms. The second-order valence-electron chi connectivity index (χ2n) is 4.96. The van der Waals surface area contributed by atoms with E-state index in [9.17, 15) is 0 Å². The Morgan fingerprint density at radius 3 is 2.76 bits per heavy atom. The van der Waals surface area contributed by atoms with Crippen LogP contribution >= 0.6 is 11.3 Å². The minimum atomic E-state index is 0.269. The van der Waals surface area contributed by atoms with Gasteiger partial charge in [0.2, 0.25) is 0 Å². The molecule has 112 valence electrons. The lowest BCUT2D eigenvalue weighted by Gasteiger charge is -2.22. The van der Waals surface area contributed by atoms with Crippen molar-refractivity contribution in [2.75, 3.05) is 13.2 Å². The molecule has 0 amide bonds. The fourth-order valence-electron chi connectivity index (χ4n) is 2.39. The molecule has 1 aromatic heterocycles. The van der Waals surface area contributed by atoms with Crippen LogP contribution in [-0.4, -0.2) is 23.4 Å². The van der Waals surface area contributed by atoms with Gasteiger partial charge in [0.15, 0.2) is 11.5 Å². The van der Waals surface area contributed by atoms with Crippen LogP contribution in [0, 0.1) is 6.92 Å². The minimum absolute atomic E-state index is 0.269. The molecule has 1 N–H and O–H groups in total. The van der Waals surface area contributed by atoms with Gasteiger partial charge >= 0.3 is 0 Å². The number of nitrogens with one attached hydrogen (secondary N) is 1. The van der Waals surface area contributed by atoms with Gasteiger partial charge in [-0.2, -0.15) is 0 Å². The van der Waals surface area contributed by atoms with E-state index in [1.54, 1.807) is 11.3 Å². The molecule has 0 unspecified atom stereocenters. The number of hydrogen-bond acceptors (Lipinski definition) is 6. The third kappa shape index (κ3) is 3.33. The van der Waals surface area contributed by atoms with Gasteiger partial charge in [-0.25, -0.2) is 0 Å². The molecule has 0 saturated carbocycles. The standard InChI is InChI=1S/C15H19N3O2S/c1-3-12(16-9-15-18-17-10(2)21-15)11-4-5-13-14(8-11)20-7-6-19-13/h4-5,8,12,16H,3,6-7,9H2,1-2H3/t12-/m1/s1. The average Bonchev–Trinajstić information content (AvgIpc) is 2.93. The summed E-state index contributed by atoms with van der Waals surface area (Å²) in [6, 6.07) is 6.43. The molecule has 0 bridgehead atoms. The Balaban J connectivity index is 1.70. The zero-order valence-corrected chi connectivity index (χ0v) is 13.1. The largest absolute Gasteiger partial charge is 0.486 e. The number of benzene rings is 1. The van der Waals surface area contributed by atoms with E-state index in [1.807, 2.05) is 13.0 Å². The smallest absolute Gasteiger partial charge is 0.161 e. The number of rotatable bonds is 5. The molecule has 0 spiro atoms. The van der Waals surface area contributed by atoms with Crippen molar-refractivity contribution in [1.82, 2.24) is 15.5 Å². The first-order chi connectivity index (χ1) is 10.3. The Labute approximate surface area is 128 Å². The quantitative estimate of drug-likeness (QED) is 0.920. The Bertz CT molecular complexity index is 615. The average molecular weight is 305 g/mol. The molecular formula is C15H19N3O2S. The first kappa shape index (κ1) is 14.3. The third-order valence-corrected chi connectivity index (χ3v) is 4.28. The highest BCUT2D eigenvalue weighted by Crippen LogP contribution is 2.33. The van der Waals surface area contributed by atoms with Gasteiger partial charge in [-0.3, -0.25) is 0 Å². The fourth-order valence-corrected chi connectivity index (χ4v) is 3.05. The Hall–Kier alpha value is -1.66. The van der Waals surface area contributed by atoms with Crippen LogP contribution in [0.25, 0.3) is 0 Å². The van der Waals surface area contributed by atoms with Crippen molar-refractivity contribution in [3.63, 3.8) is 0 Å². The van der Waals surface area contributed by atoms with Crippen molar-refractivity contribution in [2.24, 2.45) is 0 Å². The van der Waals surface area contributed by atoms with Crippen molar-refractivity contribution < 1.29 is 9.47 Å². The van der Waals surface area contributed by atoms with Crippen LogP contribution < -0.4 is 14.8 Å². The second kappa shape index (κ2) is 6.41. The SMILES string of the molecule is CC[C@@H](NCc1nnc(C)s1)c1ccc2c(c1)OCCO2. The number of nitrogens with zero attached hydrogens (tertiary/aromatic N) is 2. The summed E-state index contributed by atoms with van der Waals surface area (Å²) in [5.74, 6) is 1.67. The van der Waals surface area contributed by atoms with Crippen molar-refractivity contribution in [2.45, 2.75) is 32.9 Å². The highest BCUT2D eigenvalue weighted by Gasteiger charge is 2.16. The summed E-state index contributed by atoms with van der Waals surface area (Å²) in [6.07, 6.45) is 0.997. The molecule has 2 heterocycles. The van der Waals surface area contributed by atoms with Crippen LogP contribution in [-0.2, 0) is 6.54 Å². The summed E-state index contributed by atoms with van der Waals surface area (Å²) < 4.78 is 11.2. The Kier molecular flexibility index (Phi) is 4.36. The summed E-state index contributed by atoms with van der Waals surface area (Å²) in [5, 5.41) is 13.7. The predicted molar refractivity (Wildman–Crippen MR) is 81.9 cm³/mol. The highest BCUT2D eigenvalue weighted by atomic mass is 32.1. The number of hydrogen-bond donors (Lipinski definition) is 1. The van der Waals surface area contributed by atoms with Gasteiger partial charge in [0.1, 0.15) is 23.2 Å². The van der Waals surface area contributed by atoms with Crippen LogP contribution in [0.1, 0.15) is 35.0 Å². The number of aryl methyl sites for hydroxylation is 1. The summed E-state index contributed by atoms with van der Waals surface area (Å²) in [6.45, 7) is 6.11. The molecule has 0 radical (unpaired) electrons. The third-order valence-electron chi connectivity index (χ3n) is 3.44. The molecule has 2 aromatic rings. The van der Waals surface area contributed by atoms with Gasteiger partial charge in [-0.15, -0.1) is 21.5 Å². The lowest BCUT2D eigenvalue weighted by Crippen LogP contribution is -2.21. The van der Waals surface area contributed by atoms with Gasteiger partial charge < -0.3 is 14.8 Å². The molecule has 3 rings (SSSR count). The normalized spacial score (nSPS) is 15.0. The molecule has 0 fully saturated rings. The highest BCUT2D eigenvalue weighted by molar-refractivity contribution is 7.11. The minimum Gasteiger partial charge on any atom is -0.486 e. The zero-order valence-electron chi connectivity index (χ0n) is 12.3. The lowest BCUT2D eigenvalue weighted by molar-refractivity contribution is 0.171. The second-order valence-corrected chi connectivity index (χ2v) is 6.23. The molecular weight excluding hydrogens is 286 g/mol. The van der Waals surface area contributed by atoms with Gasteiger partial charge in [0, 0.05) is 6.04 Å². The van der Waals surface area contributed by atoms with Crippen molar-refractivity contribution in [3.8, 4) is 11.5 Å². The lowest BCUT2D eigenvalue weighted by atomic mass is 10.0. The zero-order chi connectivity index (χ0) is 14.7. The maximum atomic E-state index is 5.65. The summed E-state index contributed by atoms with van der Waals surface area (Å²) in [7, 11) is 0. The van der Waals surface area contributed by atoms with Gasteiger partial charge in [0.05, 0.1) is 6.54 Å². The van der Waals surface area contributed by atoms with E-state index in [-0.39, 0.29) is 6.04 Å². The van der Waals surface area contributed by atoms with Gasteiger partial charge in [-0.1, -0.05) is 13.0 Å². The van der Waals surface area contributed by atoms with E-state index in [2.05, 4.69) is 34.6 Å². The molecule has 1 aliphatic heterocycles. The first-order valence-corrected chi connectivity index (χ1v) is 8.00. The van der Waals surface area contributed by atoms with E-state index < -0.39 is 0 Å². The van der Waals surface area contributed by atoms with E-state index in [4.69, 9.17) is 9.47 Å². The van der Waals surface area contributed by atoms with E-state index in [1.165, 1.54) is 5.56 Å². The number of fused-ring (bicyclic) bond motifs is 1. The first-order valence-electron chi connectivity index (χ1n) is 7.18. The maximum absolute atomic E-state index is 5.65. The van der Waals surface area contributed by atoms with Crippen LogP contribution in [0.3, 0.4) is 0 Å². The van der Waals surface area contributed by atoms with Gasteiger partial charge in [0.25, 0.3) is 0 Å². The molecule has 6 heteroatoms. The van der Waals surface area contributed by atoms with Crippen molar-refractivity contribution in [1.29, 1.82) is 0 Å². The summed E-state index contributed by atoms with van der Waals surface area (Å²) >= 11 is 1.63. The molecule has 5 nitrogen and oxygen atoms in total. The van der Waals surface area contributed by atoms with Crippen LogP contribution in [0.15, 0.2) is 18.2 Å². The summed E-state index contributed by atoms with van der Waals surface area (Å²) in [4.78, 5) is 0. The van der Waals surface area contributed by atoms with Crippen LogP contribution in [0.5, 0.6) is 11.5 Å². The maximum Gasteiger partial charge on any atom is 0.161 e. The molecule has 1 aliphatic rings. The molecule has 1 aromatic carbocycles. The summed E-state index contributed by atoms with van der Waals surface area (Å²) in [5.41, 5.74) is 1.21. The molecule has 1 atom stereocenters. The fraction of sp³-hybridized carbons (Fsp3) is 0.467. The van der Waals surface area contributed by atoms with E-state index in [0.29, 0.717) is 13.2 Å². The van der Waals surface area contributed by atoms with Crippen molar-refractivity contribution >= 4 is 11.3 Å². The predicted octanol–water partition coefficient (Wildman–Crippen LogP) is 2.86. The number of aromatic nitrogens is 2. The van der Waals surface area contributed by atoms with Gasteiger partial charge in [-0.05, 0) is 31.0 Å². The van der Waals surface area contributed by atoms with Crippen molar-refractivity contribution in [3.05, 3.63) is 33.8 Å². The van der Waals surface area contributed by atoms with E-state index in [0.717, 1.165) is 34.5 Å². The van der Waals surface area contributed by atoms with E-state index >= 15 is 0 Å². The molecule has 0 saturated heterocycles. The Morgan fingerprint density at radius 2 is 2.05 bits per heavy atom. The number of ether oxygens (including phenoxy) is 2.